The molecule has 2 fully saturated rings. The number of rotatable bonds is 6. The SMILES string of the molecule is C=C(/C=C/c1ccc(CC)cc1)N(C1CCCCC1)C1CCCCC1. The van der Waals surface area contributed by atoms with Crippen molar-refractivity contribution in [2.75, 3.05) is 0 Å². The van der Waals surface area contributed by atoms with Gasteiger partial charge >= 0.3 is 0 Å². The van der Waals surface area contributed by atoms with Crippen molar-refractivity contribution in [1.29, 1.82) is 0 Å². The summed E-state index contributed by atoms with van der Waals surface area (Å²) in [4.78, 5) is 2.72. The molecule has 2 aliphatic carbocycles. The lowest BCUT2D eigenvalue weighted by Crippen LogP contribution is -2.43. The summed E-state index contributed by atoms with van der Waals surface area (Å²) in [6.07, 6.45) is 19.5. The molecule has 0 amide bonds. The second-order valence-corrected chi connectivity index (χ2v) is 7.91. The molecule has 0 saturated heterocycles. The van der Waals surface area contributed by atoms with Gasteiger partial charge in [0.1, 0.15) is 0 Å². The third-order valence-electron chi connectivity index (χ3n) is 6.12. The number of hydrogen-bond donors (Lipinski definition) is 0. The highest BCUT2D eigenvalue weighted by Crippen LogP contribution is 2.33. The van der Waals surface area contributed by atoms with Gasteiger partial charge in [0, 0.05) is 17.8 Å². The van der Waals surface area contributed by atoms with Crippen LogP contribution < -0.4 is 0 Å². The molecule has 0 aromatic heterocycles. The van der Waals surface area contributed by atoms with E-state index in [-0.39, 0.29) is 0 Å². The Bertz CT molecular complexity index is 538. The minimum Gasteiger partial charge on any atom is -0.366 e. The molecule has 1 aromatic rings. The van der Waals surface area contributed by atoms with Gasteiger partial charge in [-0.3, -0.25) is 0 Å². The monoisotopic (exact) mass is 337 g/mol. The van der Waals surface area contributed by atoms with Crippen molar-refractivity contribution < 1.29 is 0 Å². The van der Waals surface area contributed by atoms with Gasteiger partial charge < -0.3 is 4.90 Å². The van der Waals surface area contributed by atoms with E-state index in [4.69, 9.17) is 0 Å². The molecular formula is C24H35N. The van der Waals surface area contributed by atoms with Crippen LogP contribution >= 0.6 is 0 Å². The molecule has 0 N–H and O–H groups in total. The van der Waals surface area contributed by atoms with Gasteiger partial charge in [0.05, 0.1) is 0 Å². The average Bonchev–Trinajstić information content (AvgIpc) is 2.69. The second-order valence-electron chi connectivity index (χ2n) is 7.91. The fourth-order valence-electron chi connectivity index (χ4n) is 4.63. The van der Waals surface area contributed by atoms with E-state index in [1.165, 1.54) is 81.0 Å². The summed E-state index contributed by atoms with van der Waals surface area (Å²) in [5.74, 6) is 0. The van der Waals surface area contributed by atoms with Crippen LogP contribution in [0.4, 0.5) is 0 Å². The van der Waals surface area contributed by atoms with E-state index in [0.29, 0.717) is 0 Å². The molecule has 2 saturated carbocycles. The maximum Gasteiger partial charge on any atom is 0.0298 e. The number of hydrogen-bond acceptors (Lipinski definition) is 1. The van der Waals surface area contributed by atoms with Gasteiger partial charge in [-0.2, -0.15) is 0 Å². The van der Waals surface area contributed by atoms with Crippen molar-refractivity contribution >= 4 is 6.08 Å². The van der Waals surface area contributed by atoms with Crippen LogP contribution in [0.3, 0.4) is 0 Å². The third-order valence-corrected chi connectivity index (χ3v) is 6.12. The van der Waals surface area contributed by atoms with Gasteiger partial charge in [0.25, 0.3) is 0 Å². The maximum atomic E-state index is 4.49. The van der Waals surface area contributed by atoms with Crippen molar-refractivity contribution in [1.82, 2.24) is 4.90 Å². The molecule has 0 spiro atoms. The molecule has 2 aliphatic rings. The first-order chi connectivity index (χ1) is 12.3. The minimum absolute atomic E-state index is 0.719. The summed E-state index contributed by atoms with van der Waals surface area (Å²) in [5, 5.41) is 0. The first kappa shape index (κ1) is 18.3. The zero-order chi connectivity index (χ0) is 17.5. The minimum atomic E-state index is 0.719. The molecule has 0 aliphatic heterocycles. The van der Waals surface area contributed by atoms with E-state index in [1.54, 1.807) is 0 Å². The van der Waals surface area contributed by atoms with E-state index >= 15 is 0 Å². The third kappa shape index (κ3) is 5.00. The Balaban J connectivity index is 1.71. The first-order valence-electron chi connectivity index (χ1n) is 10.5. The maximum absolute atomic E-state index is 4.49. The summed E-state index contributed by atoms with van der Waals surface area (Å²) < 4.78 is 0. The van der Waals surface area contributed by atoms with Gasteiger partial charge in [0.2, 0.25) is 0 Å². The summed E-state index contributed by atoms with van der Waals surface area (Å²) in [6.45, 7) is 6.70. The summed E-state index contributed by atoms with van der Waals surface area (Å²) in [6, 6.07) is 10.4. The quantitative estimate of drug-likeness (QED) is 0.519. The Hall–Kier alpha value is -1.50. The molecule has 0 atom stereocenters. The molecule has 0 heterocycles. The fourth-order valence-corrected chi connectivity index (χ4v) is 4.63. The smallest absolute Gasteiger partial charge is 0.0298 e. The highest BCUT2D eigenvalue weighted by Gasteiger charge is 2.28. The largest absolute Gasteiger partial charge is 0.366 e. The zero-order valence-electron chi connectivity index (χ0n) is 16.1. The summed E-state index contributed by atoms with van der Waals surface area (Å²) in [5.41, 5.74) is 3.92. The van der Waals surface area contributed by atoms with E-state index in [9.17, 15) is 0 Å². The van der Waals surface area contributed by atoms with Crippen molar-refractivity contribution in [2.45, 2.75) is 89.6 Å². The van der Waals surface area contributed by atoms with Crippen molar-refractivity contribution in [3.8, 4) is 0 Å². The highest BCUT2D eigenvalue weighted by atomic mass is 15.2. The molecule has 3 rings (SSSR count). The molecule has 1 nitrogen and oxygen atoms in total. The summed E-state index contributed by atoms with van der Waals surface area (Å²) in [7, 11) is 0. The predicted octanol–water partition coefficient (Wildman–Crippen LogP) is 6.74. The predicted molar refractivity (Wildman–Crippen MR) is 110 cm³/mol. The van der Waals surface area contributed by atoms with Crippen molar-refractivity contribution in [3.05, 3.63) is 53.7 Å². The molecule has 1 heteroatoms. The molecule has 136 valence electrons. The highest BCUT2D eigenvalue weighted by molar-refractivity contribution is 5.52. The number of nitrogens with zero attached hydrogens (tertiary/aromatic N) is 1. The molecule has 0 radical (unpaired) electrons. The van der Waals surface area contributed by atoms with Crippen LogP contribution in [-0.4, -0.2) is 17.0 Å². The van der Waals surface area contributed by atoms with Crippen LogP contribution in [0.1, 0.15) is 82.3 Å². The molecule has 0 unspecified atom stereocenters. The standard InChI is InChI=1S/C24H35N/c1-3-21-16-18-22(19-17-21)15-14-20(2)25(23-10-6-4-7-11-23)24-12-8-5-9-13-24/h14-19,23-24H,2-13H2,1H3/b15-14+. The average molecular weight is 338 g/mol. The number of aryl methyl sites for hydroxylation is 1. The Morgan fingerprint density at radius 2 is 1.44 bits per heavy atom. The Morgan fingerprint density at radius 3 is 1.92 bits per heavy atom. The van der Waals surface area contributed by atoms with Crippen molar-refractivity contribution in [2.24, 2.45) is 0 Å². The van der Waals surface area contributed by atoms with Crippen LogP contribution in [0.2, 0.25) is 0 Å². The van der Waals surface area contributed by atoms with E-state index in [0.717, 1.165) is 18.5 Å². The summed E-state index contributed by atoms with van der Waals surface area (Å²) >= 11 is 0. The topological polar surface area (TPSA) is 3.24 Å². The van der Waals surface area contributed by atoms with Crippen LogP contribution in [0, 0.1) is 0 Å². The first-order valence-corrected chi connectivity index (χ1v) is 10.5. The van der Waals surface area contributed by atoms with Crippen molar-refractivity contribution in [3.63, 3.8) is 0 Å². The van der Waals surface area contributed by atoms with Gasteiger partial charge in [-0.25, -0.2) is 0 Å². The van der Waals surface area contributed by atoms with Crippen LogP contribution in [0.15, 0.2) is 42.6 Å². The lowest BCUT2D eigenvalue weighted by atomic mass is 9.88. The van der Waals surface area contributed by atoms with Gasteiger partial charge in [0.15, 0.2) is 0 Å². The second kappa shape index (κ2) is 9.27. The Labute approximate surface area is 154 Å². The normalized spacial score (nSPS) is 20.0. The molecule has 25 heavy (non-hydrogen) atoms. The number of allylic oxidation sites excluding steroid dienone is 1. The van der Waals surface area contributed by atoms with Gasteiger partial charge in [-0.05, 0) is 49.3 Å². The van der Waals surface area contributed by atoms with E-state index in [2.05, 4.69) is 54.8 Å². The van der Waals surface area contributed by atoms with E-state index < -0.39 is 0 Å². The molecule has 1 aromatic carbocycles. The number of benzene rings is 1. The van der Waals surface area contributed by atoms with Crippen LogP contribution in [0.25, 0.3) is 6.08 Å². The molecule has 0 bridgehead atoms. The Kier molecular flexibility index (Phi) is 6.78. The van der Waals surface area contributed by atoms with Gasteiger partial charge in [-0.15, -0.1) is 0 Å². The molecular weight excluding hydrogens is 302 g/mol. The van der Waals surface area contributed by atoms with Crippen LogP contribution in [-0.2, 0) is 6.42 Å². The lowest BCUT2D eigenvalue weighted by Gasteiger charge is -2.43. The van der Waals surface area contributed by atoms with E-state index in [1.807, 2.05) is 0 Å². The fraction of sp³-hybridized carbons (Fsp3) is 0.583. The lowest BCUT2D eigenvalue weighted by molar-refractivity contribution is 0.124. The zero-order valence-corrected chi connectivity index (χ0v) is 16.1. The van der Waals surface area contributed by atoms with Crippen LogP contribution in [0.5, 0.6) is 0 Å². The van der Waals surface area contributed by atoms with Gasteiger partial charge in [-0.1, -0.05) is 82.4 Å². The Morgan fingerprint density at radius 1 is 0.920 bits per heavy atom.